The van der Waals surface area contributed by atoms with E-state index in [1.54, 1.807) is 0 Å². The van der Waals surface area contributed by atoms with Gasteiger partial charge < -0.3 is 10.3 Å². The van der Waals surface area contributed by atoms with Crippen molar-refractivity contribution in [1.29, 1.82) is 0 Å². The maximum Gasteiger partial charge on any atom is 0.189 e. The Morgan fingerprint density at radius 1 is 0.923 bits per heavy atom. The maximum absolute atomic E-state index is 13.3. The highest BCUT2D eigenvalue weighted by Gasteiger charge is 2.24. The molecule has 4 aromatic rings. The van der Waals surface area contributed by atoms with Crippen molar-refractivity contribution in [2.45, 2.75) is 13.0 Å². The van der Waals surface area contributed by atoms with Crippen LogP contribution in [0.3, 0.4) is 0 Å². The number of aromatic nitrogens is 1. The van der Waals surface area contributed by atoms with Crippen LogP contribution in [0.2, 0.25) is 0 Å². The Hall–Kier alpha value is -3.33. The average molecular weight is 340 g/mol. The van der Waals surface area contributed by atoms with Gasteiger partial charge in [0.15, 0.2) is 5.78 Å². The van der Waals surface area contributed by atoms with Crippen molar-refractivity contribution in [3.8, 4) is 0 Å². The summed E-state index contributed by atoms with van der Waals surface area (Å²) in [5, 5.41) is 4.50. The van der Waals surface area contributed by atoms with Gasteiger partial charge in [-0.15, -0.1) is 0 Å². The molecule has 0 aliphatic carbocycles. The monoisotopic (exact) mass is 340 g/mol. The van der Waals surface area contributed by atoms with Crippen molar-refractivity contribution in [3.05, 3.63) is 102 Å². The van der Waals surface area contributed by atoms with Crippen LogP contribution in [0.1, 0.15) is 27.5 Å². The topological polar surface area (TPSA) is 44.9 Å². The number of fused-ring (bicyclic) bond motifs is 1. The Balaban J connectivity index is 1.80. The lowest BCUT2D eigenvalue weighted by Gasteiger charge is -2.19. The summed E-state index contributed by atoms with van der Waals surface area (Å²) in [5.41, 5.74) is 4.77. The lowest BCUT2D eigenvalue weighted by Crippen LogP contribution is -2.21. The van der Waals surface area contributed by atoms with Crippen LogP contribution in [0.4, 0.5) is 5.69 Å². The van der Waals surface area contributed by atoms with Gasteiger partial charge in [-0.2, -0.15) is 0 Å². The Morgan fingerprint density at radius 3 is 2.50 bits per heavy atom. The van der Waals surface area contributed by atoms with Crippen molar-refractivity contribution in [2.24, 2.45) is 0 Å². The largest absolute Gasteiger partial charge is 0.371 e. The number of nitrogens with one attached hydrogen (secondary N) is 2. The summed E-state index contributed by atoms with van der Waals surface area (Å²) < 4.78 is 0. The first kappa shape index (κ1) is 16.2. The van der Waals surface area contributed by atoms with Gasteiger partial charge in [-0.3, -0.25) is 4.79 Å². The molecule has 3 aromatic carbocycles. The average Bonchev–Trinajstić information content (AvgIpc) is 3.10. The molecule has 0 amide bonds. The van der Waals surface area contributed by atoms with Gasteiger partial charge >= 0.3 is 0 Å². The number of hydrogen-bond donors (Lipinski definition) is 2. The van der Waals surface area contributed by atoms with Crippen molar-refractivity contribution in [1.82, 2.24) is 4.98 Å². The quantitative estimate of drug-likeness (QED) is 0.470. The van der Waals surface area contributed by atoms with Crippen molar-refractivity contribution >= 4 is 22.4 Å². The molecule has 1 heterocycles. The van der Waals surface area contributed by atoms with E-state index in [4.69, 9.17) is 0 Å². The minimum absolute atomic E-state index is 0.0526. The van der Waals surface area contributed by atoms with Crippen LogP contribution in [-0.4, -0.2) is 10.8 Å². The molecule has 0 saturated carbocycles. The fourth-order valence-corrected chi connectivity index (χ4v) is 3.29. The molecule has 3 nitrogen and oxygen atoms in total. The second-order valence-corrected chi connectivity index (χ2v) is 6.47. The van der Waals surface area contributed by atoms with Gasteiger partial charge in [-0.05, 0) is 30.7 Å². The molecule has 0 aliphatic heterocycles. The van der Waals surface area contributed by atoms with E-state index in [9.17, 15) is 4.79 Å². The Kier molecular flexibility index (Phi) is 4.28. The third kappa shape index (κ3) is 3.11. The minimum atomic E-state index is -0.463. The summed E-state index contributed by atoms with van der Waals surface area (Å²) in [6.45, 7) is 2.05. The van der Waals surface area contributed by atoms with Gasteiger partial charge in [0.25, 0.3) is 0 Å². The molecule has 0 bridgehead atoms. The first-order valence-electron chi connectivity index (χ1n) is 8.71. The number of carbonyl (C=O) groups is 1. The summed E-state index contributed by atoms with van der Waals surface area (Å²) in [6, 6.07) is 25.1. The summed E-state index contributed by atoms with van der Waals surface area (Å²) >= 11 is 0. The minimum Gasteiger partial charge on any atom is -0.371 e. The predicted octanol–water partition coefficient (Wildman–Crippen LogP) is 5.51. The van der Waals surface area contributed by atoms with Crippen LogP contribution < -0.4 is 5.32 Å². The van der Waals surface area contributed by atoms with E-state index in [1.807, 2.05) is 85.9 Å². The molecule has 2 N–H and O–H groups in total. The van der Waals surface area contributed by atoms with E-state index in [1.165, 1.54) is 0 Å². The third-order valence-electron chi connectivity index (χ3n) is 4.58. The first-order valence-corrected chi connectivity index (χ1v) is 8.71. The summed E-state index contributed by atoms with van der Waals surface area (Å²) in [7, 11) is 0. The van der Waals surface area contributed by atoms with E-state index < -0.39 is 6.04 Å². The number of carbonyl (C=O) groups excluding carboxylic acids is 1. The number of rotatable bonds is 5. The van der Waals surface area contributed by atoms with Gasteiger partial charge in [0, 0.05) is 33.9 Å². The van der Waals surface area contributed by atoms with Crippen LogP contribution in [0.25, 0.3) is 10.9 Å². The van der Waals surface area contributed by atoms with Crippen LogP contribution >= 0.6 is 0 Å². The number of anilines is 1. The molecule has 1 unspecified atom stereocenters. The highest BCUT2D eigenvalue weighted by Crippen LogP contribution is 2.30. The SMILES string of the molecule is Cc1cccc(NC(C(=O)c2ccccc2)c2c[nH]c3ccccc23)c1. The van der Waals surface area contributed by atoms with E-state index in [0.717, 1.165) is 27.7 Å². The summed E-state index contributed by atoms with van der Waals surface area (Å²) in [6.07, 6.45) is 1.93. The molecule has 1 atom stereocenters. The van der Waals surface area contributed by atoms with Gasteiger partial charge in [0.2, 0.25) is 0 Å². The number of hydrogen-bond acceptors (Lipinski definition) is 2. The smallest absolute Gasteiger partial charge is 0.189 e. The molecule has 0 aliphatic rings. The number of aryl methyl sites for hydroxylation is 1. The molecule has 1 aromatic heterocycles. The number of H-pyrrole nitrogens is 1. The van der Waals surface area contributed by atoms with Crippen molar-refractivity contribution < 1.29 is 4.79 Å². The van der Waals surface area contributed by atoms with Gasteiger partial charge in [-0.1, -0.05) is 60.7 Å². The zero-order chi connectivity index (χ0) is 17.9. The lowest BCUT2D eigenvalue weighted by atomic mass is 9.96. The zero-order valence-electron chi connectivity index (χ0n) is 14.6. The molecule has 0 fully saturated rings. The second-order valence-electron chi connectivity index (χ2n) is 6.47. The van der Waals surface area contributed by atoms with E-state index >= 15 is 0 Å². The number of benzene rings is 3. The predicted molar refractivity (Wildman–Crippen MR) is 107 cm³/mol. The molecule has 0 spiro atoms. The highest BCUT2D eigenvalue weighted by molar-refractivity contribution is 6.04. The van der Waals surface area contributed by atoms with E-state index in [2.05, 4.69) is 16.4 Å². The normalized spacial score (nSPS) is 12.0. The fourth-order valence-electron chi connectivity index (χ4n) is 3.29. The van der Waals surface area contributed by atoms with Crippen LogP contribution in [0.5, 0.6) is 0 Å². The van der Waals surface area contributed by atoms with Crippen LogP contribution in [0.15, 0.2) is 85.1 Å². The Morgan fingerprint density at radius 2 is 1.69 bits per heavy atom. The highest BCUT2D eigenvalue weighted by atomic mass is 16.1. The molecule has 128 valence electrons. The van der Waals surface area contributed by atoms with E-state index in [0.29, 0.717) is 5.56 Å². The standard InChI is InChI=1S/C23H20N2O/c1-16-8-7-11-18(14-16)25-22(23(26)17-9-3-2-4-10-17)20-15-24-21-13-6-5-12-19(20)21/h2-15,22,24-25H,1H3. The first-order chi connectivity index (χ1) is 12.7. The Labute approximate surface area is 152 Å². The zero-order valence-corrected chi connectivity index (χ0v) is 14.6. The molecule has 3 heteroatoms. The van der Waals surface area contributed by atoms with Gasteiger partial charge in [0.1, 0.15) is 6.04 Å². The van der Waals surface area contributed by atoms with Crippen LogP contribution in [0, 0.1) is 6.92 Å². The molecule has 4 rings (SSSR count). The Bertz CT molecular complexity index is 1050. The molecular formula is C23H20N2O. The van der Waals surface area contributed by atoms with Gasteiger partial charge in [-0.25, -0.2) is 0 Å². The molecular weight excluding hydrogens is 320 g/mol. The van der Waals surface area contributed by atoms with Gasteiger partial charge in [0.05, 0.1) is 0 Å². The van der Waals surface area contributed by atoms with Crippen molar-refractivity contribution in [3.63, 3.8) is 0 Å². The second kappa shape index (κ2) is 6.89. The fraction of sp³-hybridized carbons (Fsp3) is 0.0870. The van der Waals surface area contributed by atoms with Crippen LogP contribution in [-0.2, 0) is 0 Å². The number of aromatic amines is 1. The number of para-hydroxylation sites is 1. The lowest BCUT2D eigenvalue weighted by molar-refractivity contribution is 0.0970. The maximum atomic E-state index is 13.3. The van der Waals surface area contributed by atoms with Crippen molar-refractivity contribution in [2.75, 3.05) is 5.32 Å². The molecule has 0 saturated heterocycles. The summed E-state index contributed by atoms with van der Waals surface area (Å²) in [4.78, 5) is 16.6. The molecule has 0 radical (unpaired) electrons. The van der Waals surface area contributed by atoms with E-state index in [-0.39, 0.29) is 5.78 Å². The molecule has 26 heavy (non-hydrogen) atoms. The number of Topliss-reactive ketones (excluding diaryl/α,β-unsaturated/α-hetero) is 1. The third-order valence-corrected chi connectivity index (χ3v) is 4.58. The summed E-state index contributed by atoms with van der Waals surface area (Å²) in [5.74, 6) is 0.0526. The number of ketones is 1.